The van der Waals surface area contributed by atoms with E-state index in [4.69, 9.17) is 4.74 Å². The second-order valence-electron chi connectivity index (χ2n) is 5.07. The Kier molecular flexibility index (Phi) is 5.40. The summed E-state index contributed by atoms with van der Waals surface area (Å²) in [5.74, 6) is 0.359. The molecule has 1 heterocycles. The molecule has 1 unspecified atom stereocenters. The van der Waals surface area contributed by atoms with Gasteiger partial charge in [-0.25, -0.2) is 0 Å². The first-order valence-electron chi connectivity index (χ1n) is 7.02. The monoisotopic (exact) mass is 246 g/mol. The highest BCUT2D eigenvalue weighted by Gasteiger charge is 2.17. The summed E-state index contributed by atoms with van der Waals surface area (Å²) in [4.78, 5) is 11.8. The quantitative estimate of drug-likeness (QED) is 0.767. The maximum Gasteiger partial charge on any atom is 0.135 e. The van der Waals surface area contributed by atoms with E-state index in [0.717, 1.165) is 32.3 Å². The highest BCUT2D eigenvalue weighted by Crippen LogP contribution is 2.17. The number of aryl methyl sites for hydroxylation is 1. The first kappa shape index (κ1) is 13.3. The molecule has 2 nitrogen and oxygen atoms in total. The van der Waals surface area contributed by atoms with E-state index in [2.05, 4.69) is 12.1 Å². The molecule has 1 aliphatic heterocycles. The molecular formula is C16H22O2. The topological polar surface area (TPSA) is 26.3 Å². The molecule has 2 heteroatoms. The normalized spacial score (nSPS) is 19.7. The molecule has 1 fully saturated rings. The lowest BCUT2D eigenvalue weighted by Gasteiger charge is -2.21. The van der Waals surface area contributed by atoms with Gasteiger partial charge >= 0.3 is 0 Å². The summed E-state index contributed by atoms with van der Waals surface area (Å²) in [6.45, 7) is 0.835. The molecule has 0 aromatic heterocycles. The third-order valence-electron chi connectivity index (χ3n) is 3.49. The van der Waals surface area contributed by atoms with Crippen molar-refractivity contribution in [3.8, 4) is 0 Å². The summed E-state index contributed by atoms with van der Waals surface area (Å²) in [6, 6.07) is 10.4. The smallest absolute Gasteiger partial charge is 0.135 e. The number of benzene rings is 1. The molecule has 0 spiro atoms. The Bertz CT molecular complexity index is 353. The molecular weight excluding hydrogens is 224 g/mol. The molecule has 1 atom stereocenters. The van der Waals surface area contributed by atoms with E-state index in [9.17, 15) is 4.79 Å². The summed E-state index contributed by atoms with van der Waals surface area (Å²) >= 11 is 0. The average molecular weight is 246 g/mol. The van der Waals surface area contributed by atoms with Crippen LogP contribution in [0.2, 0.25) is 0 Å². The van der Waals surface area contributed by atoms with Gasteiger partial charge in [0, 0.05) is 19.4 Å². The number of ketones is 1. The summed E-state index contributed by atoms with van der Waals surface area (Å²) < 4.78 is 5.59. The van der Waals surface area contributed by atoms with Crippen molar-refractivity contribution in [3.63, 3.8) is 0 Å². The fourth-order valence-corrected chi connectivity index (χ4v) is 2.46. The van der Waals surface area contributed by atoms with E-state index in [0.29, 0.717) is 18.6 Å². The SMILES string of the molecule is O=C(CCCc1ccccc1)CC1CCCCO1. The molecule has 0 aliphatic carbocycles. The van der Waals surface area contributed by atoms with Crippen molar-refractivity contribution in [2.45, 2.75) is 51.0 Å². The molecule has 0 amide bonds. The number of hydrogen-bond donors (Lipinski definition) is 0. The Morgan fingerprint density at radius 2 is 2.06 bits per heavy atom. The second kappa shape index (κ2) is 7.32. The standard InChI is InChI=1S/C16H22O2/c17-15(13-16-11-4-5-12-18-16)10-6-9-14-7-2-1-3-8-14/h1-3,7-8,16H,4-6,9-13H2. The summed E-state index contributed by atoms with van der Waals surface area (Å²) in [5.41, 5.74) is 1.32. The fourth-order valence-electron chi connectivity index (χ4n) is 2.46. The van der Waals surface area contributed by atoms with Gasteiger partial charge < -0.3 is 4.74 Å². The van der Waals surface area contributed by atoms with Gasteiger partial charge in [0.1, 0.15) is 5.78 Å². The van der Waals surface area contributed by atoms with Gasteiger partial charge in [-0.1, -0.05) is 30.3 Å². The summed E-state index contributed by atoms with van der Waals surface area (Å²) in [6.07, 6.45) is 6.88. The lowest BCUT2D eigenvalue weighted by atomic mass is 10.0. The van der Waals surface area contributed by atoms with E-state index in [-0.39, 0.29) is 6.10 Å². The minimum Gasteiger partial charge on any atom is -0.378 e. The van der Waals surface area contributed by atoms with Crippen molar-refractivity contribution in [2.24, 2.45) is 0 Å². The van der Waals surface area contributed by atoms with Crippen LogP contribution in [-0.4, -0.2) is 18.5 Å². The lowest BCUT2D eigenvalue weighted by Crippen LogP contribution is -2.22. The number of hydrogen-bond acceptors (Lipinski definition) is 2. The predicted octanol–water partition coefficient (Wildman–Crippen LogP) is 3.54. The first-order chi connectivity index (χ1) is 8.84. The second-order valence-corrected chi connectivity index (χ2v) is 5.07. The molecule has 2 rings (SSSR count). The Balaban J connectivity index is 1.62. The lowest BCUT2D eigenvalue weighted by molar-refractivity contribution is -0.122. The third-order valence-corrected chi connectivity index (χ3v) is 3.49. The van der Waals surface area contributed by atoms with Crippen LogP contribution < -0.4 is 0 Å². The van der Waals surface area contributed by atoms with E-state index >= 15 is 0 Å². The van der Waals surface area contributed by atoms with E-state index in [1.807, 2.05) is 18.2 Å². The van der Waals surface area contributed by atoms with Gasteiger partial charge in [0.2, 0.25) is 0 Å². The van der Waals surface area contributed by atoms with Crippen LogP contribution >= 0.6 is 0 Å². The Labute approximate surface area is 109 Å². The predicted molar refractivity (Wildman–Crippen MR) is 72.6 cm³/mol. The van der Waals surface area contributed by atoms with Gasteiger partial charge in [-0.2, -0.15) is 0 Å². The van der Waals surface area contributed by atoms with Crippen molar-refractivity contribution in [1.29, 1.82) is 0 Å². The van der Waals surface area contributed by atoms with E-state index < -0.39 is 0 Å². The highest BCUT2D eigenvalue weighted by molar-refractivity contribution is 5.78. The number of carbonyl (C=O) groups excluding carboxylic acids is 1. The van der Waals surface area contributed by atoms with Crippen molar-refractivity contribution < 1.29 is 9.53 Å². The number of ether oxygens (including phenoxy) is 1. The van der Waals surface area contributed by atoms with Crippen molar-refractivity contribution >= 4 is 5.78 Å². The summed E-state index contributed by atoms with van der Waals surface area (Å²) in [7, 11) is 0. The van der Waals surface area contributed by atoms with Crippen molar-refractivity contribution in [1.82, 2.24) is 0 Å². The van der Waals surface area contributed by atoms with Gasteiger partial charge in [0.25, 0.3) is 0 Å². The number of carbonyl (C=O) groups is 1. The van der Waals surface area contributed by atoms with Gasteiger partial charge in [0.05, 0.1) is 6.10 Å². The first-order valence-corrected chi connectivity index (χ1v) is 7.02. The Morgan fingerprint density at radius 3 is 2.78 bits per heavy atom. The van der Waals surface area contributed by atoms with Gasteiger partial charge in [-0.05, 0) is 37.7 Å². The van der Waals surface area contributed by atoms with Crippen LogP contribution in [0, 0.1) is 0 Å². The van der Waals surface area contributed by atoms with Crippen LogP contribution in [0.1, 0.15) is 44.1 Å². The molecule has 1 aromatic carbocycles. The van der Waals surface area contributed by atoms with Crippen LogP contribution in [0.3, 0.4) is 0 Å². The largest absolute Gasteiger partial charge is 0.378 e. The molecule has 0 saturated carbocycles. The number of Topliss-reactive ketones (excluding diaryl/α,β-unsaturated/α-hetero) is 1. The highest BCUT2D eigenvalue weighted by atomic mass is 16.5. The molecule has 0 radical (unpaired) electrons. The molecule has 98 valence electrons. The Hall–Kier alpha value is -1.15. The van der Waals surface area contributed by atoms with E-state index in [1.165, 1.54) is 12.0 Å². The summed E-state index contributed by atoms with van der Waals surface area (Å²) in [5, 5.41) is 0. The minimum absolute atomic E-state index is 0.197. The van der Waals surface area contributed by atoms with Crippen LogP contribution in [0.5, 0.6) is 0 Å². The molecule has 0 bridgehead atoms. The molecule has 1 aliphatic rings. The average Bonchev–Trinajstić information content (AvgIpc) is 2.41. The molecule has 1 saturated heterocycles. The van der Waals surface area contributed by atoms with Crippen LogP contribution in [0.25, 0.3) is 0 Å². The maximum absolute atomic E-state index is 11.8. The number of rotatable bonds is 6. The third kappa shape index (κ3) is 4.61. The zero-order chi connectivity index (χ0) is 12.6. The van der Waals surface area contributed by atoms with E-state index in [1.54, 1.807) is 0 Å². The maximum atomic E-state index is 11.8. The molecule has 1 aromatic rings. The fraction of sp³-hybridized carbons (Fsp3) is 0.562. The van der Waals surface area contributed by atoms with Gasteiger partial charge in [-0.3, -0.25) is 4.79 Å². The minimum atomic E-state index is 0.197. The van der Waals surface area contributed by atoms with Crippen LogP contribution in [-0.2, 0) is 16.0 Å². The van der Waals surface area contributed by atoms with Crippen LogP contribution in [0.15, 0.2) is 30.3 Å². The van der Waals surface area contributed by atoms with Crippen LogP contribution in [0.4, 0.5) is 0 Å². The molecule has 0 N–H and O–H groups in total. The zero-order valence-electron chi connectivity index (χ0n) is 10.9. The Morgan fingerprint density at radius 1 is 1.22 bits per heavy atom. The molecule has 18 heavy (non-hydrogen) atoms. The zero-order valence-corrected chi connectivity index (χ0v) is 10.9. The van der Waals surface area contributed by atoms with Gasteiger partial charge in [-0.15, -0.1) is 0 Å². The van der Waals surface area contributed by atoms with Gasteiger partial charge in [0.15, 0.2) is 0 Å². The van der Waals surface area contributed by atoms with Crippen molar-refractivity contribution in [3.05, 3.63) is 35.9 Å². The van der Waals surface area contributed by atoms with Crippen molar-refractivity contribution in [2.75, 3.05) is 6.61 Å².